The maximum Gasteiger partial charge on any atom is 0.317 e. The lowest BCUT2D eigenvalue weighted by molar-refractivity contribution is 0.186. The van der Waals surface area contributed by atoms with E-state index in [9.17, 15) is 13.2 Å². The van der Waals surface area contributed by atoms with Crippen molar-refractivity contribution >= 4 is 15.9 Å². The van der Waals surface area contributed by atoms with E-state index in [4.69, 9.17) is 0 Å². The number of fused-ring (bicyclic) bond motifs is 1. The standard InChI is InChI=1S/C16H24N2O3S/c1-12(2)18(8-9-22(3,20)21)16(19)17-11-14-10-13-6-4-5-7-15(13)14/h4-7,12,14H,8-11H2,1-3H3,(H,17,19)/t14-/m1/s1. The first kappa shape index (κ1) is 16.8. The molecule has 0 unspecified atom stereocenters. The maximum atomic E-state index is 12.3. The van der Waals surface area contributed by atoms with Crippen molar-refractivity contribution in [2.75, 3.05) is 25.1 Å². The summed E-state index contributed by atoms with van der Waals surface area (Å²) in [5.41, 5.74) is 2.65. The van der Waals surface area contributed by atoms with Crippen LogP contribution in [0.3, 0.4) is 0 Å². The highest BCUT2D eigenvalue weighted by Gasteiger charge is 2.26. The van der Waals surface area contributed by atoms with Crippen LogP contribution < -0.4 is 5.32 Å². The van der Waals surface area contributed by atoms with E-state index in [2.05, 4.69) is 17.4 Å². The fraction of sp³-hybridized carbons (Fsp3) is 0.562. The zero-order chi connectivity index (χ0) is 16.3. The third-order valence-corrected chi connectivity index (χ3v) is 4.97. The van der Waals surface area contributed by atoms with Gasteiger partial charge in [-0.15, -0.1) is 0 Å². The number of hydrogen-bond acceptors (Lipinski definition) is 3. The Morgan fingerprint density at radius 3 is 2.64 bits per heavy atom. The number of amides is 2. The second-order valence-electron chi connectivity index (χ2n) is 6.20. The molecule has 1 aliphatic carbocycles. The van der Waals surface area contributed by atoms with Crippen molar-refractivity contribution in [2.45, 2.75) is 32.2 Å². The van der Waals surface area contributed by atoms with Crippen molar-refractivity contribution in [1.29, 1.82) is 0 Å². The minimum absolute atomic E-state index is 0.00907. The molecule has 1 aliphatic rings. The van der Waals surface area contributed by atoms with Gasteiger partial charge in [-0.2, -0.15) is 0 Å². The van der Waals surface area contributed by atoms with Gasteiger partial charge in [-0.1, -0.05) is 24.3 Å². The topological polar surface area (TPSA) is 66.5 Å². The molecule has 1 atom stereocenters. The highest BCUT2D eigenvalue weighted by Crippen LogP contribution is 2.33. The minimum atomic E-state index is -3.07. The van der Waals surface area contributed by atoms with Gasteiger partial charge in [0.05, 0.1) is 5.75 Å². The van der Waals surface area contributed by atoms with Crippen molar-refractivity contribution in [3.05, 3.63) is 35.4 Å². The van der Waals surface area contributed by atoms with Gasteiger partial charge in [0, 0.05) is 31.3 Å². The predicted molar refractivity (Wildman–Crippen MR) is 87.8 cm³/mol. The van der Waals surface area contributed by atoms with Crippen molar-refractivity contribution in [2.24, 2.45) is 0 Å². The van der Waals surface area contributed by atoms with Gasteiger partial charge in [-0.3, -0.25) is 0 Å². The third kappa shape index (κ3) is 4.22. The van der Waals surface area contributed by atoms with E-state index in [1.54, 1.807) is 4.90 Å². The molecule has 1 N–H and O–H groups in total. The van der Waals surface area contributed by atoms with Crippen LogP contribution in [-0.4, -0.2) is 50.5 Å². The van der Waals surface area contributed by atoms with E-state index in [1.165, 1.54) is 17.4 Å². The van der Waals surface area contributed by atoms with Crippen LogP contribution in [0.5, 0.6) is 0 Å². The highest BCUT2D eigenvalue weighted by atomic mass is 32.2. The van der Waals surface area contributed by atoms with E-state index in [0.717, 1.165) is 6.42 Å². The molecular weight excluding hydrogens is 300 g/mol. The number of nitrogens with zero attached hydrogens (tertiary/aromatic N) is 1. The van der Waals surface area contributed by atoms with E-state index in [-0.39, 0.29) is 24.4 Å². The molecule has 0 saturated carbocycles. The van der Waals surface area contributed by atoms with Crippen LogP contribution in [0.4, 0.5) is 4.79 Å². The fourth-order valence-corrected chi connectivity index (χ4v) is 3.24. The van der Waals surface area contributed by atoms with E-state index >= 15 is 0 Å². The quantitative estimate of drug-likeness (QED) is 0.867. The molecule has 0 bridgehead atoms. The summed E-state index contributed by atoms with van der Waals surface area (Å²) in [6.07, 6.45) is 2.18. The van der Waals surface area contributed by atoms with Crippen LogP contribution in [0.2, 0.25) is 0 Å². The number of benzene rings is 1. The molecule has 0 radical (unpaired) electrons. The lowest BCUT2D eigenvalue weighted by Crippen LogP contribution is -2.47. The summed E-state index contributed by atoms with van der Waals surface area (Å²) in [5, 5.41) is 2.94. The largest absolute Gasteiger partial charge is 0.337 e. The van der Waals surface area contributed by atoms with E-state index in [0.29, 0.717) is 12.5 Å². The summed E-state index contributed by atoms with van der Waals surface area (Å²) in [4.78, 5) is 13.9. The number of rotatable bonds is 6. The summed E-state index contributed by atoms with van der Waals surface area (Å²) in [6, 6.07) is 8.02. The van der Waals surface area contributed by atoms with Crippen molar-refractivity contribution in [3.63, 3.8) is 0 Å². The van der Waals surface area contributed by atoms with Crippen molar-refractivity contribution in [1.82, 2.24) is 10.2 Å². The third-order valence-electron chi connectivity index (χ3n) is 4.05. The lowest BCUT2D eigenvalue weighted by Gasteiger charge is -2.32. The molecular formula is C16H24N2O3S. The van der Waals surface area contributed by atoms with Crippen LogP contribution in [0.25, 0.3) is 0 Å². The van der Waals surface area contributed by atoms with Gasteiger partial charge in [-0.05, 0) is 31.4 Å². The number of carbonyl (C=O) groups excluding carboxylic acids is 1. The first-order chi connectivity index (χ1) is 10.3. The first-order valence-corrected chi connectivity index (χ1v) is 9.64. The number of carbonyl (C=O) groups is 1. The summed E-state index contributed by atoms with van der Waals surface area (Å²) in [7, 11) is -3.07. The average Bonchev–Trinajstić information content (AvgIpc) is 2.38. The SMILES string of the molecule is CC(C)N(CCS(C)(=O)=O)C(=O)NC[C@H]1Cc2ccccc21. The van der Waals surface area contributed by atoms with Gasteiger partial charge < -0.3 is 10.2 Å². The first-order valence-electron chi connectivity index (χ1n) is 7.58. The monoisotopic (exact) mass is 324 g/mol. The Morgan fingerprint density at radius 2 is 2.05 bits per heavy atom. The summed E-state index contributed by atoms with van der Waals surface area (Å²) in [5.74, 6) is 0.356. The zero-order valence-electron chi connectivity index (χ0n) is 13.4. The predicted octanol–water partition coefficient (Wildman–Crippen LogP) is 1.79. The van der Waals surface area contributed by atoms with Gasteiger partial charge in [0.15, 0.2) is 0 Å². The van der Waals surface area contributed by atoms with Crippen LogP contribution >= 0.6 is 0 Å². The van der Waals surface area contributed by atoms with Gasteiger partial charge in [0.2, 0.25) is 0 Å². The average molecular weight is 324 g/mol. The minimum Gasteiger partial charge on any atom is -0.337 e. The highest BCUT2D eigenvalue weighted by molar-refractivity contribution is 7.90. The molecule has 0 aliphatic heterocycles. The van der Waals surface area contributed by atoms with Crippen LogP contribution in [0.1, 0.15) is 30.9 Å². The van der Waals surface area contributed by atoms with Crippen LogP contribution in [0, 0.1) is 0 Å². The number of sulfone groups is 1. The summed E-state index contributed by atoms with van der Waals surface area (Å²) >= 11 is 0. The second-order valence-corrected chi connectivity index (χ2v) is 8.46. The number of urea groups is 1. The molecule has 6 heteroatoms. The maximum absolute atomic E-state index is 12.3. The summed E-state index contributed by atoms with van der Waals surface area (Å²) in [6.45, 7) is 4.60. The van der Waals surface area contributed by atoms with Crippen molar-refractivity contribution in [3.8, 4) is 0 Å². The van der Waals surface area contributed by atoms with Gasteiger partial charge in [-0.25, -0.2) is 13.2 Å². The zero-order valence-corrected chi connectivity index (χ0v) is 14.2. The molecule has 2 amide bonds. The molecule has 1 aromatic carbocycles. The Morgan fingerprint density at radius 1 is 1.36 bits per heavy atom. The Kier molecular flexibility index (Phi) is 5.11. The molecule has 122 valence electrons. The molecule has 22 heavy (non-hydrogen) atoms. The second kappa shape index (κ2) is 6.69. The molecule has 0 fully saturated rings. The molecule has 0 aromatic heterocycles. The van der Waals surface area contributed by atoms with Gasteiger partial charge in [0.1, 0.15) is 9.84 Å². The lowest BCUT2D eigenvalue weighted by atomic mass is 9.78. The Labute approximate surface area is 132 Å². The number of nitrogens with one attached hydrogen (secondary N) is 1. The summed E-state index contributed by atoms with van der Waals surface area (Å²) < 4.78 is 22.6. The Balaban J connectivity index is 1.87. The van der Waals surface area contributed by atoms with Gasteiger partial charge in [0.25, 0.3) is 0 Å². The smallest absolute Gasteiger partial charge is 0.317 e. The molecule has 0 saturated heterocycles. The Bertz CT molecular complexity index is 641. The number of hydrogen-bond donors (Lipinski definition) is 1. The fourth-order valence-electron chi connectivity index (χ4n) is 2.72. The molecule has 2 rings (SSSR count). The van der Waals surface area contributed by atoms with E-state index in [1.807, 2.05) is 26.0 Å². The Hall–Kier alpha value is -1.56. The van der Waals surface area contributed by atoms with Crippen LogP contribution in [-0.2, 0) is 16.3 Å². The van der Waals surface area contributed by atoms with Crippen LogP contribution in [0.15, 0.2) is 24.3 Å². The molecule has 1 aromatic rings. The van der Waals surface area contributed by atoms with E-state index < -0.39 is 9.84 Å². The molecule has 0 spiro atoms. The normalized spacial score (nSPS) is 16.8. The molecule has 5 nitrogen and oxygen atoms in total. The van der Waals surface area contributed by atoms with Gasteiger partial charge >= 0.3 is 6.03 Å². The molecule has 0 heterocycles. The van der Waals surface area contributed by atoms with Crippen molar-refractivity contribution < 1.29 is 13.2 Å².